The largest absolute Gasteiger partial charge is 0.475 e. The zero-order chi connectivity index (χ0) is 19.4. The van der Waals surface area contributed by atoms with E-state index in [1.54, 1.807) is 23.1 Å². The molecule has 0 unspecified atom stereocenters. The number of likely N-dealkylation sites (N-methyl/N-ethyl adjacent to an activating group) is 1. The molecule has 6 nitrogen and oxygen atoms in total. The van der Waals surface area contributed by atoms with Gasteiger partial charge in [-0.05, 0) is 30.8 Å². The number of fused-ring (bicyclic) bond motifs is 1. The molecule has 7 heteroatoms. The van der Waals surface area contributed by atoms with Gasteiger partial charge in [0.25, 0.3) is 0 Å². The lowest BCUT2D eigenvalue weighted by Crippen LogP contribution is -2.49. The number of esters is 1. The Balaban J connectivity index is 1.74. The average molecular weight is 389 g/mol. The lowest BCUT2D eigenvalue weighted by Gasteiger charge is -2.34. The molecule has 1 aliphatic rings. The Bertz CT molecular complexity index is 842. The highest BCUT2D eigenvalue weighted by atomic mass is 35.5. The maximum atomic E-state index is 12.9. The summed E-state index contributed by atoms with van der Waals surface area (Å²) in [5.74, 6) is -0.151. The van der Waals surface area contributed by atoms with E-state index in [4.69, 9.17) is 21.1 Å². The van der Waals surface area contributed by atoms with Crippen molar-refractivity contribution < 1.29 is 19.1 Å². The second-order valence-electron chi connectivity index (χ2n) is 6.37. The number of methoxy groups -OCH3 is 1. The molecular formula is C20H21ClN2O4. The fourth-order valence-corrected chi connectivity index (χ4v) is 3.21. The summed E-state index contributed by atoms with van der Waals surface area (Å²) in [5, 5.41) is 0.666. The van der Waals surface area contributed by atoms with Crippen LogP contribution in [0.2, 0.25) is 5.02 Å². The van der Waals surface area contributed by atoms with Crippen LogP contribution >= 0.6 is 11.6 Å². The quantitative estimate of drug-likeness (QED) is 0.737. The molecule has 0 radical (unpaired) electrons. The minimum absolute atomic E-state index is 0.114. The van der Waals surface area contributed by atoms with Gasteiger partial charge in [0.05, 0.1) is 25.9 Å². The zero-order valence-corrected chi connectivity index (χ0v) is 16.0. The number of para-hydroxylation sites is 2. The third kappa shape index (κ3) is 4.40. The molecule has 3 rings (SSSR count). The summed E-state index contributed by atoms with van der Waals surface area (Å²) in [7, 11) is 3.15. The van der Waals surface area contributed by atoms with Gasteiger partial charge in [0, 0.05) is 11.6 Å². The van der Waals surface area contributed by atoms with Crippen LogP contribution in [-0.2, 0) is 20.9 Å². The predicted octanol–water partition coefficient (Wildman–Crippen LogP) is 2.74. The molecule has 0 saturated heterocycles. The van der Waals surface area contributed by atoms with Gasteiger partial charge >= 0.3 is 5.97 Å². The third-order valence-electron chi connectivity index (χ3n) is 4.34. The summed E-state index contributed by atoms with van der Waals surface area (Å²) < 4.78 is 10.5. The van der Waals surface area contributed by atoms with Crippen molar-refractivity contribution in [2.24, 2.45) is 0 Å². The molecule has 0 saturated carbocycles. The summed E-state index contributed by atoms with van der Waals surface area (Å²) >= 11 is 6.20. The number of benzene rings is 2. The smallest absolute Gasteiger partial charge is 0.348 e. The first kappa shape index (κ1) is 19.2. The van der Waals surface area contributed by atoms with Crippen molar-refractivity contribution in [2.75, 3.05) is 32.1 Å². The van der Waals surface area contributed by atoms with E-state index in [2.05, 4.69) is 0 Å². The lowest BCUT2D eigenvalue weighted by molar-refractivity contribution is -0.148. The van der Waals surface area contributed by atoms with Crippen LogP contribution in [0.4, 0.5) is 5.69 Å². The maximum absolute atomic E-state index is 12.9. The van der Waals surface area contributed by atoms with Crippen LogP contribution in [0.1, 0.15) is 5.56 Å². The number of nitrogens with zero attached hydrogens (tertiary/aromatic N) is 2. The molecular weight excluding hydrogens is 368 g/mol. The highest BCUT2D eigenvalue weighted by Crippen LogP contribution is 2.33. The van der Waals surface area contributed by atoms with Crippen LogP contribution in [-0.4, -0.2) is 50.1 Å². The summed E-state index contributed by atoms with van der Waals surface area (Å²) in [6, 6.07) is 14.7. The van der Waals surface area contributed by atoms with Crippen molar-refractivity contribution in [1.82, 2.24) is 4.90 Å². The molecule has 27 heavy (non-hydrogen) atoms. The Morgan fingerprint density at radius 3 is 2.67 bits per heavy atom. The Morgan fingerprint density at radius 2 is 1.93 bits per heavy atom. The van der Waals surface area contributed by atoms with Gasteiger partial charge in [-0.2, -0.15) is 0 Å². The summed E-state index contributed by atoms with van der Waals surface area (Å²) in [6.45, 7) is 0.827. The predicted molar refractivity (Wildman–Crippen MR) is 103 cm³/mol. The Labute approximate surface area is 163 Å². The minimum Gasteiger partial charge on any atom is -0.475 e. The molecule has 2 aromatic carbocycles. The molecule has 0 fully saturated rings. The normalized spacial score (nSPS) is 15.9. The van der Waals surface area contributed by atoms with E-state index < -0.39 is 12.1 Å². The van der Waals surface area contributed by atoms with E-state index in [-0.39, 0.29) is 19.0 Å². The van der Waals surface area contributed by atoms with Gasteiger partial charge in [0.2, 0.25) is 12.0 Å². The van der Waals surface area contributed by atoms with Crippen molar-refractivity contribution >= 4 is 29.2 Å². The summed E-state index contributed by atoms with van der Waals surface area (Å²) in [4.78, 5) is 28.3. The third-order valence-corrected chi connectivity index (χ3v) is 4.71. The van der Waals surface area contributed by atoms with Crippen LogP contribution in [0.5, 0.6) is 5.75 Å². The number of hydrogen-bond donors (Lipinski definition) is 0. The molecule has 0 N–H and O–H groups in total. The number of hydrogen-bond acceptors (Lipinski definition) is 5. The van der Waals surface area contributed by atoms with E-state index in [1.165, 1.54) is 7.11 Å². The molecule has 1 aliphatic heterocycles. The number of halogens is 1. The van der Waals surface area contributed by atoms with Gasteiger partial charge in [-0.15, -0.1) is 0 Å². The maximum Gasteiger partial charge on any atom is 0.348 e. The first-order valence-corrected chi connectivity index (χ1v) is 8.93. The highest BCUT2D eigenvalue weighted by Gasteiger charge is 2.34. The van der Waals surface area contributed by atoms with Gasteiger partial charge in [0.15, 0.2) is 0 Å². The highest BCUT2D eigenvalue weighted by molar-refractivity contribution is 6.31. The second kappa shape index (κ2) is 8.41. The van der Waals surface area contributed by atoms with Crippen LogP contribution < -0.4 is 9.64 Å². The summed E-state index contributed by atoms with van der Waals surface area (Å²) in [6.07, 6.45) is -0.845. The van der Waals surface area contributed by atoms with E-state index in [0.717, 1.165) is 5.56 Å². The number of carbonyl (C=O) groups excluding carboxylic acids is 2. The molecule has 0 spiro atoms. The van der Waals surface area contributed by atoms with Crippen molar-refractivity contribution in [3.63, 3.8) is 0 Å². The van der Waals surface area contributed by atoms with E-state index in [0.29, 0.717) is 23.0 Å². The molecule has 1 amide bonds. The van der Waals surface area contributed by atoms with Crippen LogP contribution in [0.3, 0.4) is 0 Å². The number of amides is 1. The molecule has 0 aromatic heterocycles. The van der Waals surface area contributed by atoms with Crippen LogP contribution in [0.15, 0.2) is 48.5 Å². The molecule has 1 atom stereocenters. The average Bonchev–Trinajstić information content (AvgIpc) is 2.68. The van der Waals surface area contributed by atoms with E-state index >= 15 is 0 Å². The summed E-state index contributed by atoms with van der Waals surface area (Å²) in [5.41, 5.74) is 1.60. The Kier molecular flexibility index (Phi) is 5.98. The van der Waals surface area contributed by atoms with Crippen LogP contribution in [0.25, 0.3) is 0 Å². The molecule has 142 valence electrons. The number of ether oxygens (including phenoxy) is 2. The SMILES string of the molecule is COC(=O)[C@H]1CN(C(=O)CN(C)Cc2ccccc2Cl)c2ccccc2O1. The van der Waals surface area contributed by atoms with Gasteiger partial charge in [-0.3, -0.25) is 9.69 Å². The number of rotatable bonds is 5. The van der Waals surface area contributed by atoms with Crippen molar-refractivity contribution in [3.05, 3.63) is 59.1 Å². The van der Waals surface area contributed by atoms with E-state index in [9.17, 15) is 9.59 Å². The Hall–Kier alpha value is -2.57. The fraction of sp³-hybridized carbons (Fsp3) is 0.300. The lowest BCUT2D eigenvalue weighted by atomic mass is 10.1. The fourth-order valence-electron chi connectivity index (χ4n) is 3.01. The van der Waals surface area contributed by atoms with Gasteiger partial charge in [0.1, 0.15) is 5.75 Å². The number of anilines is 1. The Morgan fingerprint density at radius 1 is 1.22 bits per heavy atom. The zero-order valence-electron chi connectivity index (χ0n) is 15.2. The number of carbonyl (C=O) groups is 2. The monoisotopic (exact) mass is 388 g/mol. The van der Waals surface area contributed by atoms with Crippen molar-refractivity contribution in [1.29, 1.82) is 0 Å². The van der Waals surface area contributed by atoms with Gasteiger partial charge in [-0.1, -0.05) is 41.9 Å². The molecule has 0 aliphatic carbocycles. The minimum atomic E-state index is -0.845. The van der Waals surface area contributed by atoms with Gasteiger partial charge < -0.3 is 14.4 Å². The van der Waals surface area contributed by atoms with Crippen molar-refractivity contribution in [3.8, 4) is 5.75 Å². The molecule has 0 bridgehead atoms. The topological polar surface area (TPSA) is 59.1 Å². The molecule has 1 heterocycles. The first-order valence-electron chi connectivity index (χ1n) is 8.55. The molecule has 2 aromatic rings. The van der Waals surface area contributed by atoms with E-state index in [1.807, 2.05) is 42.3 Å². The first-order chi connectivity index (χ1) is 13.0. The second-order valence-corrected chi connectivity index (χ2v) is 6.77. The standard InChI is InChI=1S/C20H21ClN2O4/c1-22(11-14-7-3-4-8-15(14)21)13-19(24)23-12-18(20(25)26-2)27-17-10-6-5-9-16(17)23/h3-10,18H,11-13H2,1-2H3/t18-/m1/s1. The van der Waals surface area contributed by atoms with Gasteiger partial charge in [-0.25, -0.2) is 4.79 Å². The van der Waals surface area contributed by atoms with Crippen molar-refractivity contribution in [2.45, 2.75) is 12.6 Å². The van der Waals surface area contributed by atoms with Crippen LogP contribution in [0, 0.1) is 0 Å².